The zero-order chi connectivity index (χ0) is 21.7. The lowest BCUT2D eigenvalue weighted by atomic mass is 10.2. The predicted octanol–water partition coefficient (Wildman–Crippen LogP) is 6.08. The van der Waals surface area contributed by atoms with Crippen molar-refractivity contribution in [3.63, 3.8) is 0 Å². The van der Waals surface area contributed by atoms with Gasteiger partial charge in [-0.25, -0.2) is 0 Å². The van der Waals surface area contributed by atoms with Gasteiger partial charge in [0.05, 0.1) is 6.16 Å². The van der Waals surface area contributed by atoms with E-state index in [4.69, 9.17) is 0 Å². The van der Waals surface area contributed by atoms with E-state index in [9.17, 15) is 13.2 Å². The van der Waals surface area contributed by atoms with Crippen molar-refractivity contribution in [3.8, 4) is 5.75 Å². The van der Waals surface area contributed by atoms with E-state index < -0.39 is 13.6 Å². The van der Waals surface area contributed by atoms with Gasteiger partial charge in [0, 0.05) is 0 Å². The minimum absolute atomic E-state index is 0.197. The summed E-state index contributed by atoms with van der Waals surface area (Å²) < 4.78 is 42.6. The fraction of sp³-hybridized carbons (Fsp3) is 0.0769. The molecule has 156 valence electrons. The van der Waals surface area contributed by atoms with Crippen molar-refractivity contribution < 1.29 is 17.9 Å². The Labute approximate surface area is 180 Å². The Balaban J connectivity index is 1.90. The number of benzene rings is 4. The van der Waals surface area contributed by atoms with Crippen molar-refractivity contribution in [3.05, 3.63) is 121 Å². The smallest absolute Gasteiger partial charge is 0.406 e. The number of ether oxygens (including phenoxy) is 1. The lowest BCUT2D eigenvalue weighted by molar-refractivity contribution is -0.274. The largest absolute Gasteiger partial charge is 0.573 e. The molecule has 0 amide bonds. The second-order valence-electron chi connectivity index (χ2n) is 7.17. The number of hydrogen-bond donors (Lipinski definition) is 0. The summed E-state index contributed by atoms with van der Waals surface area (Å²) in [5.41, 5.74) is 0.798. The Bertz CT molecular complexity index is 1020. The Morgan fingerprint density at radius 1 is 0.581 bits per heavy atom. The monoisotopic (exact) mass is 437 g/mol. The number of halogens is 3. The van der Waals surface area contributed by atoms with Gasteiger partial charge in [-0.15, -0.1) is 13.2 Å². The normalized spacial score (nSPS) is 11.8. The first-order valence-electron chi connectivity index (χ1n) is 9.87. The zero-order valence-corrected chi connectivity index (χ0v) is 17.6. The van der Waals surface area contributed by atoms with Crippen LogP contribution in [0.3, 0.4) is 0 Å². The van der Waals surface area contributed by atoms with Gasteiger partial charge in [0.1, 0.15) is 28.9 Å². The van der Waals surface area contributed by atoms with Crippen LogP contribution in [0.2, 0.25) is 0 Å². The summed E-state index contributed by atoms with van der Waals surface area (Å²) in [5, 5.41) is 3.53. The summed E-state index contributed by atoms with van der Waals surface area (Å²) in [4.78, 5) is 0. The molecule has 1 nitrogen and oxygen atoms in total. The molecule has 4 aromatic rings. The van der Waals surface area contributed by atoms with Crippen LogP contribution in [0.5, 0.6) is 5.75 Å². The molecule has 4 aromatic carbocycles. The lowest BCUT2D eigenvalue weighted by Gasteiger charge is -2.28. The van der Waals surface area contributed by atoms with Gasteiger partial charge in [0.2, 0.25) is 0 Å². The maximum Gasteiger partial charge on any atom is 0.573 e. The van der Waals surface area contributed by atoms with E-state index in [1.54, 1.807) is 6.07 Å². The quantitative estimate of drug-likeness (QED) is 0.332. The van der Waals surface area contributed by atoms with Crippen LogP contribution in [0.15, 0.2) is 115 Å². The Morgan fingerprint density at radius 2 is 1.03 bits per heavy atom. The van der Waals surface area contributed by atoms with E-state index in [-0.39, 0.29) is 5.75 Å². The first-order chi connectivity index (χ1) is 15.0. The van der Waals surface area contributed by atoms with E-state index >= 15 is 0 Å². The average molecular weight is 437 g/mol. The van der Waals surface area contributed by atoms with Gasteiger partial charge in [-0.2, -0.15) is 0 Å². The van der Waals surface area contributed by atoms with Gasteiger partial charge in [0.25, 0.3) is 0 Å². The second-order valence-corrected chi connectivity index (χ2v) is 10.7. The fourth-order valence-electron chi connectivity index (χ4n) is 3.88. The summed E-state index contributed by atoms with van der Waals surface area (Å²) in [6.45, 7) is 0. The molecule has 0 saturated heterocycles. The van der Waals surface area contributed by atoms with Crippen molar-refractivity contribution in [1.29, 1.82) is 0 Å². The summed E-state index contributed by atoms with van der Waals surface area (Å²) in [7, 11) is -2.18. The van der Waals surface area contributed by atoms with E-state index in [1.165, 1.54) is 28.0 Å². The first kappa shape index (κ1) is 21.1. The minimum atomic E-state index is -4.72. The van der Waals surface area contributed by atoms with Crippen LogP contribution in [0.1, 0.15) is 5.56 Å². The standard InChI is InChI=1S/C26H21F3OP/c27-26(28,29)30-22-12-10-11-21(19-22)20-31(23-13-4-1-5-14-23,24-15-6-2-7-16-24)25-17-8-3-9-18-25/h1-19H,20H2/q+1. The van der Waals surface area contributed by atoms with Gasteiger partial charge in [-0.05, 0) is 54.1 Å². The van der Waals surface area contributed by atoms with Gasteiger partial charge in [0.15, 0.2) is 0 Å². The van der Waals surface area contributed by atoms with Crippen molar-refractivity contribution in [2.75, 3.05) is 0 Å². The molecule has 0 radical (unpaired) electrons. The summed E-state index contributed by atoms with van der Waals surface area (Å²) in [6, 6.07) is 37.0. The molecule has 0 spiro atoms. The van der Waals surface area contributed by atoms with Crippen LogP contribution < -0.4 is 20.7 Å². The van der Waals surface area contributed by atoms with Crippen LogP contribution in [-0.2, 0) is 6.16 Å². The minimum Gasteiger partial charge on any atom is -0.406 e. The molecule has 0 atom stereocenters. The summed E-state index contributed by atoms with van der Waals surface area (Å²) >= 11 is 0. The van der Waals surface area contributed by atoms with E-state index in [1.807, 2.05) is 60.7 Å². The molecular formula is C26H21F3OP+. The third-order valence-electron chi connectivity index (χ3n) is 5.14. The van der Waals surface area contributed by atoms with Gasteiger partial charge in [-0.3, -0.25) is 0 Å². The average Bonchev–Trinajstić information content (AvgIpc) is 2.78. The van der Waals surface area contributed by atoms with Crippen molar-refractivity contribution >= 4 is 23.2 Å². The Morgan fingerprint density at radius 3 is 1.45 bits per heavy atom. The molecule has 0 saturated carbocycles. The van der Waals surface area contributed by atoms with Crippen LogP contribution in [-0.4, -0.2) is 6.36 Å². The van der Waals surface area contributed by atoms with Gasteiger partial charge >= 0.3 is 6.36 Å². The third-order valence-corrected chi connectivity index (χ3v) is 9.52. The van der Waals surface area contributed by atoms with Crippen LogP contribution in [0.4, 0.5) is 13.2 Å². The number of rotatable bonds is 6. The van der Waals surface area contributed by atoms with Crippen molar-refractivity contribution in [2.45, 2.75) is 12.5 Å². The molecule has 31 heavy (non-hydrogen) atoms. The van der Waals surface area contributed by atoms with Gasteiger partial charge in [-0.1, -0.05) is 66.7 Å². The highest BCUT2D eigenvalue weighted by atomic mass is 31.2. The summed E-state index contributed by atoms with van der Waals surface area (Å²) in [6.07, 6.45) is -4.14. The zero-order valence-electron chi connectivity index (χ0n) is 16.7. The molecule has 0 aromatic heterocycles. The Hall–Kier alpha value is -3.10. The molecule has 0 aliphatic heterocycles. The molecule has 4 rings (SSSR count). The molecule has 0 unspecified atom stereocenters. The maximum absolute atomic E-state index is 12.8. The number of hydrogen-bond acceptors (Lipinski definition) is 1. The number of alkyl halides is 3. The first-order valence-corrected chi connectivity index (χ1v) is 11.8. The fourth-order valence-corrected chi connectivity index (χ4v) is 8.11. The molecule has 0 bridgehead atoms. The molecular weight excluding hydrogens is 416 g/mol. The third kappa shape index (κ3) is 4.81. The van der Waals surface area contributed by atoms with Crippen LogP contribution in [0.25, 0.3) is 0 Å². The molecule has 0 heterocycles. The Kier molecular flexibility index (Phi) is 6.11. The van der Waals surface area contributed by atoms with E-state index in [0.717, 1.165) is 5.56 Å². The van der Waals surface area contributed by atoms with Crippen molar-refractivity contribution in [2.24, 2.45) is 0 Å². The molecule has 5 heteroatoms. The lowest BCUT2D eigenvalue weighted by Crippen LogP contribution is -2.32. The topological polar surface area (TPSA) is 9.23 Å². The van der Waals surface area contributed by atoms with E-state index in [2.05, 4.69) is 41.1 Å². The highest BCUT2D eigenvalue weighted by molar-refractivity contribution is 7.95. The molecule has 0 fully saturated rings. The van der Waals surface area contributed by atoms with Crippen molar-refractivity contribution in [1.82, 2.24) is 0 Å². The molecule has 0 aliphatic carbocycles. The highest BCUT2D eigenvalue weighted by Gasteiger charge is 2.45. The van der Waals surface area contributed by atoms with Gasteiger partial charge < -0.3 is 4.74 Å². The van der Waals surface area contributed by atoms with Crippen LogP contribution in [0, 0.1) is 0 Å². The molecule has 0 N–H and O–H groups in total. The second kappa shape index (κ2) is 8.95. The maximum atomic E-state index is 12.8. The van der Waals surface area contributed by atoms with E-state index in [0.29, 0.717) is 6.16 Å². The van der Waals surface area contributed by atoms with Crippen LogP contribution >= 0.6 is 7.26 Å². The highest BCUT2D eigenvalue weighted by Crippen LogP contribution is 2.58. The molecule has 0 aliphatic rings. The summed E-state index contributed by atoms with van der Waals surface area (Å²) in [5.74, 6) is -0.197. The SMILES string of the molecule is FC(F)(F)Oc1cccc(C[P+](c2ccccc2)(c2ccccc2)c2ccccc2)c1. The predicted molar refractivity (Wildman–Crippen MR) is 122 cm³/mol.